The predicted molar refractivity (Wildman–Crippen MR) is 102 cm³/mol. The molecule has 0 bridgehead atoms. The van der Waals surface area contributed by atoms with Gasteiger partial charge in [-0.3, -0.25) is 0 Å². The van der Waals surface area contributed by atoms with E-state index in [-0.39, 0.29) is 11.9 Å². The molecule has 0 saturated carbocycles. The Kier molecular flexibility index (Phi) is 5.73. The highest BCUT2D eigenvalue weighted by Gasteiger charge is 2.21. The maximum Gasteiger partial charge on any atom is 0.189 e. The molecule has 1 atom stereocenters. The molecule has 1 aliphatic heterocycles. The first-order valence-electron chi connectivity index (χ1n) is 8.73. The van der Waals surface area contributed by atoms with Crippen molar-refractivity contribution >= 4 is 5.96 Å². The number of nitrogens with one attached hydrogen (secondary N) is 1. The lowest BCUT2D eigenvalue weighted by Crippen LogP contribution is -2.37. The van der Waals surface area contributed by atoms with Crippen molar-refractivity contribution in [3.05, 3.63) is 65.0 Å². The maximum absolute atomic E-state index is 13.9. The molecule has 0 saturated heterocycles. The number of para-hydroxylation sites is 1. The standard InChI is InChI=1S/C20H25FN4O/c1-25(2)13-15-11-14(7-8-17(15)21)12-23-20(22)24-18-9-10-26-19-6-4-3-5-16(18)19/h3-8,11,18H,9-10,12-13H2,1-2H3,(H3,22,23,24). The molecule has 3 rings (SSSR count). The van der Waals surface area contributed by atoms with Crippen LogP contribution in [0.15, 0.2) is 47.5 Å². The maximum atomic E-state index is 13.9. The number of aliphatic imine (C=N–C) groups is 1. The number of benzene rings is 2. The SMILES string of the molecule is CN(C)Cc1cc(CN=C(N)NC2CCOc3ccccc32)ccc1F. The van der Waals surface area contributed by atoms with Gasteiger partial charge in [0.15, 0.2) is 5.96 Å². The number of fused-ring (bicyclic) bond motifs is 1. The zero-order valence-corrected chi connectivity index (χ0v) is 15.2. The van der Waals surface area contributed by atoms with Gasteiger partial charge < -0.3 is 20.7 Å². The van der Waals surface area contributed by atoms with Crippen molar-refractivity contribution in [2.24, 2.45) is 10.7 Å². The van der Waals surface area contributed by atoms with Gasteiger partial charge in [-0.25, -0.2) is 9.38 Å². The first-order valence-corrected chi connectivity index (χ1v) is 8.73. The van der Waals surface area contributed by atoms with E-state index in [4.69, 9.17) is 10.5 Å². The van der Waals surface area contributed by atoms with Gasteiger partial charge >= 0.3 is 0 Å². The zero-order chi connectivity index (χ0) is 18.5. The third-order valence-electron chi connectivity index (χ3n) is 4.31. The lowest BCUT2D eigenvalue weighted by molar-refractivity contribution is 0.262. The number of nitrogens with zero attached hydrogens (tertiary/aromatic N) is 2. The molecule has 0 amide bonds. The summed E-state index contributed by atoms with van der Waals surface area (Å²) in [6.07, 6.45) is 0.830. The number of hydrogen-bond acceptors (Lipinski definition) is 3. The molecule has 2 aromatic rings. The summed E-state index contributed by atoms with van der Waals surface area (Å²) in [5.41, 5.74) is 8.75. The summed E-state index contributed by atoms with van der Waals surface area (Å²) in [4.78, 5) is 6.35. The molecule has 1 aliphatic rings. The van der Waals surface area contributed by atoms with Crippen LogP contribution in [0, 0.1) is 5.82 Å². The van der Waals surface area contributed by atoms with Crippen LogP contribution >= 0.6 is 0 Å². The second-order valence-corrected chi connectivity index (χ2v) is 6.74. The summed E-state index contributed by atoms with van der Waals surface area (Å²) in [5.74, 6) is 1.07. The molecule has 0 aromatic heterocycles. The van der Waals surface area contributed by atoms with Crippen molar-refractivity contribution in [3.8, 4) is 5.75 Å². The second-order valence-electron chi connectivity index (χ2n) is 6.74. The summed E-state index contributed by atoms with van der Waals surface area (Å²) in [6.45, 7) is 1.61. The van der Waals surface area contributed by atoms with E-state index in [1.807, 2.05) is 49.3 Å². The molecule has 6 heteroatoms. The molecule has 3 N–H and O–H groups in total. The van der Waals surface area contributed by atoms with Gasteiger partial charge in [0.25, 0.3) is 0 Å². The van der Waals surface area contributed by atoms with E-state index >= 15 is 0 Å². The van der Waals surface area contributed by atoms with Crippen molar-refractivity contribution in [2.75, 3.05) is 20.7 Å². The van der Waals surface area contributed by atoms with Crippen molar-refractivity contribution in [2.45, 2.75) is 25.6 Å². The van der Waals surface area contributed by atoms with Crippen LogP contribution in [0.4, 0.5) is 4.39 Å². The number of rotatable bonds is 5. The lowest BCUT2D eigenvalue weighted by Gasteiger charge is -2.26. The van der Waals surface area contributed by atoms with E-state index in [9.17, 15) is 4.39 Å². The molecule has 1 heterocycles. The van der Waals surface area contributed by atoms with Crippen LogP contribution in [0.25, 0.3) is 0 Å². The average molecular weight is 356 g/mol. The van der Waals surface area contributed by atoms with Gasteiger partial charge in [0.05, 0.1) is 19.2 Å². The van der Waals surface area contributed by atoms with Crippen LogP contribution in [0.3, 0.4) is 0 Å². The number of ether oxygens (including phenoxy) is 1. The van der Waals surface area contributed by atoms with Gasteiger partial charge in [-0.15, -0.1) is 0 Å². The highest BCUT2D eigenvalue weighted by Crippen LogP contribution is 2.31. The average Bonchev–Trinajstić information content (AvgIpc) is 2.62. The molecule has 0 spiro atoms. The van der Waals surface area contributed by atoms with E-state index in [1.54, 1.807) is 6.07 Å². The highest BCUT2D eigenvalue weighted by atomic mass is 19.1. The van der Waals surface area contributed by atoms with Crippen molar-refractivity contribution < 1.29 is 9.13 Å². The third kappa shape index (κ3) is 4.52. The Hall–Kier alpha value is -2.60. The normalized spacial score (nSPS) is 16.9. The molecule has 0 fully saturated rings. The number of nitrogens with two attached hydrogens (primary N) is 1. The van der Waals surface area contributed by atoms with Gasteiger partial charge in [0.2, 0.25) is 0 Å². The fourth-order valence-corrected chi connectivity index (χ4v) is 3.08. The lowest BCUT2D eigenvalue weighted by atomic mass is 10.0. The summed E-state index contributed by atoms with van der Waals surface area (Å²) < 4.78 is 19.5. The van der Waals surface area contributed by atoms with Crippen molar-refractivity contribution in [3.63, 3.8) is 0 Å². The van der Waals surface area contributed by atoms with Crippen LogP contribution in [0.5, 0.6) is 5.75 Å². The summed E-state index contributed by atoms with van der Waals surface area (Å²) in [6, 6.07) is 13.1. The smallest absolute Gasteiger partial charge is 0.189 e. The molecule has 0 aliphatic carbocycles. The fraction of sp³-hybridized carbons (Fsp3) is 0.350. The first-order chi connectivity index (χ1) is 12.5. The first kappa shape index (κ1) is 18.2. The van der Waals surface area contributed by atoms with Gasteiger partial charge in [-0.05, 0) is 37.9 Å². The molecule has 138 valence electrons. The Balaban J connectivity index is 1.66. The van der Waals surface area contributed by atoms with E-state index in [0.29, 0.717) is 31.2 Å². The summed E-state index contributed by atoms with van der Waals surface area (Å²) in [5, 5.41) is 3.27. The molecule has 2 aromatic carbocycles. The van der Waals surface area contributed by atoms with Crippen molar-refractivity contribution in [1.29, 1.82) is 0 Å². The summed E-state index contributed by atoms with van der Waals surface area (Å²) in [7, 11) is 3.83. The van der Waals surface area contributed by atoms with Gasteiger partial charge in [-0.1, -0.05) is 24.3 Å². The predicted octanol–water partition coefficient (Wildman–Crippen LogP) is 2.82. The van der Waals surface area contributed by atoms with E-state index in [1.165, 1.54) is 6.07 Å². The van der Waals surface area contributed by atoms with Gasteiger partial charge in [0, 0.05) is 24.1 Å². The van der Waals surface area contributed by atoms with E-state index in [2.05, 4.69) is 10.3 Å². The minimum atomic E-state index is -0.198. The van der Waals surface area contributed by atoms with Crippen LogP contribution in [0.1, 0.15) is 29.2 Å². The molecule has 5 nitrogen and oxygen atoms in total. The van der Waals surface area contributed by atoms with Crippen molar-refractivity contribution in [1.82, 2.24) is 10.2 Å². The molecule has 1 unspecified atom stereocenters. The minimum Gasteiger partial charge on any atom is -0.493 e. The molecular weight excluding hydrogens is 331 g/mol. The Morgan fingerprint density at radius 2 is 2.12 bits per heavy atom. The van der Waals surface area contributed by atoms with Crippen LogP contribution in [-0.2, 0) is 13.1 Å². The second kappa shape index (κ2) is 8.19. The van der Waals surface area contributed by atoms with Gasteiger partial charge in [-0.2, -0.15) is 0 Å². The quantitative estimate of drug-likeness (QED) is 0.639. The van der Waals surface area contributed by atoms with Crippen LogP contribution in [0.2, 0.25) is 0 Å². The Labute approximate surface area is 153 Å². The topological polar surface area (TPSA) is 62.9 Å². The van der Waals surface area contributed by atoms with E-state index in [0.717, 1.165) is 23.3 Å². The fourth-order valence-electron chi connectivity index (χ4n) is 3.08. The largest absolute Gasteiger partial charge is 0.493 e. The highest BCUT2D eigenvalue weighted by molar-refractivity contribution is 5.78. The Morgan fingerprint density at radius 3 is 2.92 bits per heavy atom. The molecule has 0 radical (unpaired) electrons. The van der Waals surface area contributed by atoms with Crippen LogP contribution in [-0.4, -0.2) is 31.6 Å². The number of halogens is 1. The molecule has 26 heavy (non-hydrogen) atoms. The zero-order valence-electron chi connectivity index (χ0n) is 15.2. The Bertz CT molecular complexity index is 791. The summed E-state index contributed by atoms with van der Waals surface area (Å²) >= 11 is 0. The van der Waals surface area contributed by atoms with Gasteiger partial charge in [0.1, 0.15) is 11.6 Å². The monoisotopic (exact) mass is 356 g/mol. The number of guanidine groups is 1. The Morgan fingerprint density at radius 1 is 1.31 bits per heavy atom. The van der Waals surface area contributed by atoms with Crippen LogP contribution < -0.4 is 15.8 Å². The number of hydrogen-bond donors (Lipinski definition) is 2. The molecular formula is C20H25FN4O. The third-order valence-corrected chi connectivity index (χ3v) is 4.31. The minimum absolute atomic E-state index is 0.0845. The van der Waals surface area contributed by atoms with E-state index < -0.39 is 0 Å².